The van der Waals surface area contributed by atoms with Gasteiger partial charge in [-0.3, -0.25) is 4.90 Å². The third kappa shape index (κ3) is 2.63. The Kier molecular flexibility index (Phi) is 4.35. The molecule has 1 saturated heterocycles. The Hall–Kier alpha value is -0.420. The number of thiophene rings is 1. The van der Waals surface area contributed by atoms with Gasteiger partial charge in [0, 0.05) is 24.6 Å². The van der Waals surface area contributed by atoms with Crippen molar-refractivity contribution in [1.29, 1.82) is 0 Å². The lowest BCUT2D eigenvalue weighted by Crippen LogP contribution is -2.31. The van der Waals surface area contributed by atoms with Gasteiger partial charge < -0.3 is 10.8 Å². The van der Waals surface area contributed by atoms with Crippen molar-refractivity contribution in [3.05, 3.63) is 22.4 Å². The van der Waals surface area contributed by atoms with Gasteiger partial charge in [-0.15, -0.1) is 11.3 Å². The molecule has 1 aliphatic heterocycles. The van der Waals surface area contributed by atoms with Crippen LogP contribution in [0.2, 0.25) is 0 Å². The highest BCUT2D eigenvalue weighted by molar-refractivity contribution is 7.10. The first-order valence-corrected chi connectivity index (χ1v) is 6.81. The number of rotatable bonds is 5. The molecule has 0 aliphatic carbocycles. The first kappa shape index (κ1) is 12.0. The van der Waals surface area contributed by atoms with Crippen LogP contribution in [0, 0.1) is 5.92 Å². The van der Waals surface area contributed by atoms with Crippen LogP contribution in [0.25, 0.3) is 0 Å². The van der Waals surface area contributed by atoms with Crippen LogP contribution < -0.4 is 5.73 Å². The van der Waals surface area contributed by atoms with E-state index in [0.29, 0.717) is 25.1 Å². The molecule has 4 heteroatoms. The maximum atomic E-state index is 8.95. The largest absolute Gasteiger partial charge is 0.396 e. The van der Waals surface area contributed by atoms with Gasteiger partial charge in [-0.25, -0.2) is 0 Å². The van der Waals surface area contributed by atoms with E-state index in [1.165, 1.54) is 11.3 Å². The molecule has 0 radical (unpaired) electrons. The van der Waals surface area contributed by atoms with Gasteiger partial charge in [-0.1, -0.05) is 6.07 Å². The minimum absolute atomic E-state index is 0.310. The minimum Gasteiger partial charge on any atom is -0.396 e. The molecule has 1 fully saturated rings. The summed E-state index contributed by atoms with van der Waals surface area (Å²) in [6, 6.07) is 4.63. The molecule has 1 aromatic heterocycles. The molecule has 3 N–H and O–H groups in total. The second-order valence-corrected chi connectivity index (χ2v) is 5.41. The molecule has 0 bridgehead atoms. The number of aliphatic hydroxyl groups is 1. The summed E-state index contributed by atoms with van der Waals surface area (Å²) in [4.78, 5) is 3.83. The molecule has 0 spiro atoms. The number of hydrogen-bond donors (Lipinski definition) is 2. The van der Waals surface area contributed by atoms with Crippen LogP contribution in [-0.2, 0) is 0 Å². The molecular formula is C12H20N2OS. The lowest BCUT2D eigenvalue weighted by atomic mass is 10.1. The standard InChI is InChI=1S/C12H20N2OS/c13-8-11(12-2-1-7-16-12)14-5-3-10(9-14)4-6-15/h1-2,7,10-11,15H,3-6,8-9,13H2. The monoisotopic (exact) mass is 240 g/mol. The van der Waals surface area contributed by atoms with Crippen molar-refractivity contribution in [1.82, 2.24) is 4.90 Å². The highest BCUT2D eigenvalue weighted by Crippen LogP contribution is 2.30. The number of aliphatic hydroxyl groups excluding tert-OH is 1. The maximum absolute atomic E-state index is 8.95. The van der Waals surface area contributed by atoms with Crippen molar-refractivity contribution in [3.8, 4) is 0 Å². The van der Waals surface area contributed by atoms with Gasteiger partial charge in [-0.2, -0.15) is 0 Å². The minimum atomic E-state index is 0.310. The van der Waals surface area contributed by atoms with E-state index < -0.39 is 0 Å². The third-order valence-corrected chi connectivity index (χ3v) is 4.36. The van der Waals surface area contributed by atoms with Crippen molar-refractivity contribution < 1.29 is 5.11 Å². The number of hydrogen-bond acceptors (Lipinski definition) is 4. The van der Waals surface area contributed by atoms with Crippen molar-refractivity contribution in [2.45, 2.75) is 18.9 Å². The zero-order valence-electron chi connectivity index (χ0n) is 9.51. The van der Waals surface area contributed by atoms with Gasteiger partial charge in [0.25, 0.3) is 0 Å². The molecule has 0 amide bonds. The number of nitrogens with two attached hydrogens (primary N) is 1. The molecule has 3 nitrogen and oxygen atoms in total. The molecule has 1 aromatic rings. The Morgan fingerprint density at radius 3 is 3.12 bits per heavy atom. The van der Waals surface area contributed by atoms with E-state index in [9.17, 15) is 0 Å². The van der Waals surface area contributed by atoms with Crippen molar-refractivity contribution >= 4 is 11.3 Å². The highest BCUT2D eigenvalue weighted by atomic mass is 32.1. The van der Waals surface area contributed by atoms with Crippen molar-refractivity contribution in [2.75, 3.05) is 26.2 Å². The Morgan fingerprint density at radius 1 is 1.62 bits per heavy atom. The predicted molar refractivity (Wildman–Crippen MR) is 67.5 cm³/mol. The maximum Gasteiger partial charge on any atom is 0.0564 e. The SMILES string of the molecule is NCC(c1cccs1)N1CCC(CCO)C1. The zero-order chi connectivity index (χ0) is 11.4. The fourth-order valence-electron chi connectivity index (χ4n) is 2.49. The number of nitrogens with zero attached hydrogens (tertiary/aromatic N) is 1. The van der Waals surface area contributed by atoms with Crippen LogP contribution in [0.3, 0.4) is 0 Å². The molecule has 2 atom stereocenters. The van der Waals surface area contributed by atoms with E-state index in [1.807, 2.05) is 0 Å². The first-order chi connectivity index (χ1) is 7.85. The van der Waals surface area contributed by atoms with E-state index >= 15 is 0 Å². The molecule has 2 heterocycles. The van der Waals surface area contributed by atoms with E-state index in [1.54, 1.807) is 11.3 Å². The Balaban J connectivity index is 1.96. The Labute approximate surface area is 101 Å². The van der Waals surface area contributed by atoms with Gasteiger partial charge in [0.2, 0.25) is 0 Å². The molecular weight excluding hydrogens is 220 g/mol. The molecule has 90 valence electrons. The van der Waals surface area contributed by atoms with E-state index in [2.05, 4.69) is 22.4 Å². The van der Waals surface area contributed by atoms with Gasteiger partial charge in [0.1, 0.15) is 0 Å². The van der Waals surface area contributed by atoms with E-state index in [-0.39, 0.29) is 0 Å². The summed E-state index contributed by atoms with van der Waals surface area (Å²) < 4.78 is 0. The van der Waals surface area contributed by atoms with Crippen LogP contribution in [-0.4, -0.2) is 36.2 Å². The quantitative estimate of drug-likeness (QED) is 0.819. The first-order valence-electron chi connectivity index (χ1n) is 5.93. The third-order valence-electron chi connectivity index (χ3n) is 3.39. The lowest BCUT2D eigenvalue weighted by Gasteiger charge is -2.25. The summed E-state index contributed by atoms with van der Waals surface area (Å²) >= 11 is 1.79. The normalized spacial score (nSPS) is 23.8. The van der Waals surface area contributed by atoms with Gasteiger partial charge in [0.15, 0.2) is 0 Å². The predicted octanol–water partition coefficient (Wildman–Crippen LogP) is 1.45. The Morgan fingerprint density at radius 2 is 2.50 bits per heavy atom. The van der Waals surface area contributed by atoms with Crippen molar-refractivity contribution in [2.24, 2.45) is 11.7 Å². The highest BCUT2D eigenvalue weighted by Gasteiger charge is 2.28. The van der Waals surface area contributed by atoms with Gasteiger partial charge in [-0.05, 0) is 36.8 Å². The summed E-state index contributed by atoms with van der Waals surface area (Å²) in [6.45, 7) is 3.20. The van der Waals surface area contributed by atoms with Crippen LogP contribution in [0.4, 0.5) is 0 Å². The molecule has 2 rings (SSSR count). The zero-order valence-corrected chi connectivity index (χ0v) is 10.3. The fourth-order valence-corrected chi connectivity index (χ4v) is 3.36. The van der Waals surface area contributed by atoms with Crippen molar-refractivity contribution in [3.63, 3.8) is 0 Å². The van der Waals surface area contributed by atoms with Crippen LogP contribution in [0.5, 0.6) is 0 Å². The Bertz CT molecular complexity index is 302. The summed E-state index contributed by atoms with van der Waals surface area (Å²) in [5, 5.41) is 11.1. The lowest BCUT2D eigenvalue weighted by molar-refractivity contribution is 0.225. The van der Waals surface area contributed by atoms with Crippen LogP contribution in [0.1, 0.15) is 23.8 Å². The van der Waals surface area contributed by atoms with E-state index in [0.717, 1.165) is 19.5 Å². The summed E-state index contributed by atoms with van der Waals surface area (Å²) in [5.74, 6) is 0.652. The second kappa shape index (κ2) is 5.77. The topological polar surface area (TPSA) is 49.5 Å². The number of likely N-dealkylation sites (tertiary alicyclic amines) is 1. The van der Waals surface area contributed by atoms with Crippen LogP contribution in [0.15, 0.2) is 17.5 Å². The molecule has 0 saturated carbocycles. The van der Waals surface area contributed by atoms with Gasteiger partial charge in [0.05, 0.1) is 6.04 Å². The summed E-state index contributed by atoms with van der Waals surface area (Å²) in [7, 11) is 0. The average Bonchev–Trinajstić information content (AvgIpc) is 2.92. The molecule has 16 heavy (non-hydrogen) atoms. The second-order valence-electron chi connectivity index (χ2n) is 4.43. The van der Waals surface area contributed by atoms with Crippen LogP contribution >= 0.6 is 11.3 Å². The summed E-state index contributed by atoms with van der Waals surface area (Å²) in [5.41, 5.74) is 5.88. The van der Waals surface area contributed by atoms with E-state index in [4.69, 9.17) is 10.8 Å². The molecule has 1 aliphatic rings. The summed E-state index contributed by atoms with van der Waals surface area (Å²) in [6.07, 6.45) is 2.13. The molecule has 0 aromatic carbocycles. The smallest absolute Gasteiger partial charge is 0.0564 e. The fraction of sp³-hybridized carbons (Fsp3) is 0.667. The van der Waals surface area contributed by atoms with Gasteiger partial charge >= 0.3 is 0 Å². The average molecular weight is 240 g/mol. The molecule has 2 unspecified atom stereocenters.